The highest BCUT2D eigenvalue weighted by Crippen LogP contribution is 2.54. The monoisotopic (exact) mass is 246 g/mol. The van der Waals surface area contributed by atoms with Crippen LogP contribution in [0.5, 0.6) is 0 Å². The first-order chi connectivity index (χ1) is 8.61. The van der Waals surface area contributed by atoms with Crippen molar-refractivity contribution in [2.75, 3.05) is 7.11 Å². The molecular weight excluding hydrogens is 232 g/mol. The highest BCUT2D eigenvalue weighted by atomic mass is 16.5. The van der Waals surface area contributed by atoms with E-state index in [1.54, 1.807) is 6.08 Å². The fourth-order valence-electron chi connectivity index (χ4n) is 2.06. The molecule has 4 nitrogen and oxygen atoms in total. The number of carboxylic acid groups (broad SMARTS) is 1. The zero-order chi connectivity index (χ0) is 13.2. The molecule has 2 rings (SSSR count). The van der Waals surface area contributed by atoms with E-state index >= 15 is 0 Å². The Balaban J connectivity index is 2.12. The van der Waals surface area contributed by atoms with Crippen molar-refractivity contribution in [2.24, 2.45) is 11.3 Å². The molecule has 4 heteroatoms. The van der Waals surface area contributed by atoms with Gasteiger partial charge in [0.2, 0.25) is 0 Å². The topological polar surface area (TPSA) is 63.6 Å². The van der Waals surface area contributed by atoms with Gasteiger partial charge < -0.3 is 9.84 Å². The Kier molecular flexibility index (Phi) is 3.19. The summed E-state index contributed by atoms with van der Waals surface area (Å²) in [5.41, 5.74) is -0.395. The van der Waals surface area contributed by atoms with E-state index in [1.807, 2.05) is 36.4 Å². The van der Waals surface area contributed by atoms with Gasteiger partial charge in [-0.05, 0) is 12.0 Å². The number of carboxylic acids is 1. The van der Waals surface area contributed by atoms with E-state index in [0.29, 0.717) is 6.42 Å². The van der Waals surface area contributed by atoms with Crippen LogP contribution in [0.15, 0.2) is 36.4 Å². The van der Waals surface area contributed by atoms with Crippen LogP contribution in [-0.4, -0.2) is 24.2 Å². The number of carbonyl (C=O) groups excluding carboxylic acids is 1. The number of ether oxygens (including phenoxy) is 1. The highest BCUT2D eigenvalue weighted by molar-refractivity contribution is 6.03. The fourth-order valence-corrected chi connectivity index (χ4v) is 2.06. The molecule has 0 heterocycles. The summed E-state index contributed by atoms with van der Waals surface area (Å²) in [5, 5.41) is 9.14. The summed E-state index contributed by atoms with van der Waals surface area (Å²) in [5.74, 6) is -2.07. The molecule has 2 atom stereocenters. The molecule has 1 aliphatic carbocycles. The van der Waals surface area contributed by atoms with Gasteiger partial charge >= 0.3 is 11.9 Å². The van der Waals surface area contributed by atoms with E-state index in [-0.39, 0.29) is 5.92 Å². The quantitative estimate of drug-likeness (QED) is 0.651. The molecule has 0 aromatic heterocycles. The maximum atomic E-state index is 11.5. The molecule has 18 heavy (non-hydrogen) atoms. The lowest BCUT2D eigenvalue weighted by molar-refractivity contribution is -0.159. The van der Waals surface area contributed by atoms with E-state index < -0.39 is 17.4 Å². The molecule has 1 fully saturated rings. The van der Waals surface area contributed by atoms with Crippen molar-refractivity contribution >= 4 is 18.0 Å². The zero-order valence-electron chi connectivity index (χ0n) is 10.00. The summed E-state index contributed by atoms with van der Waals surface area (Å²) in [7, 11) is 1.21. The summed E-state index contributed by atoms with van der Waals surface area (Å²) in [4.78, 5) is 22.7. The second-order valence-corrected chi connectivity index (χ2v) is 4.35. The lowest BCUT2D eigenvalue weighted by Crippen LogP contribution is -2.28. The van der Waals surface area contributed by atoms with Crippen LogP contribution in [0.25, 0.3) is 6.08 Å². The predicted octanol–water partition coefficient (Wildman–Crippen LogP) is 1.96. The Morgan fingerprint density at radius 1 is 1.39 bits per heavy atom. The first-order valence-electron chi connectivity index (χ1n) is 5.66. The predicted molar refractivity (Wildman–Crippen MR) is 65.7 cm³/mol. The largest absolute Gasteiger partial charge is 0.480 e. The fraction of sp³-hybridized carbons (Fsp3) is 0.286. The number of methoxy groups -OCH3 is 1. The van der Waals surface area contributed by atoms with E-state index in [4.69, 9.17) is 5.11 Å². The maximum absolute atomic E-state index is 11.5. The maximum Gasteiger partial charge on any atom is 0.323 e. The first kappa shape index (κ1) is 12.4. The second kappa shape index (κ2) is 4.64. The molecule has 2 unspecified atom stereocenters. The third-order valence-corrected chi connectivity index (χ3v) is 3.27. The molecule has 1 N–H and O–H groups in total. The minimum absolute atomic E-state index is 0.289. The number of carbonyl (C=O) groups is 2. The molecule has 1 aromatic carbocycles. The van der Waals surface area contributed by atoms with Crippen molar-refractivity contribution in [1.29, 1.82) is 0 Å². The van der Waals surface area contributed by atoms with Gasteiger partial charge in [0.25, 0.3) is 0 Å². The molecule has 0 aliphatic heterocycles. The van der Waals surface area contributed by atoms with E-state index in [1.165, 1.54) is 7.11 Å². The number of esters is 1. The first-order valence-corrected chi connectivity index (χ1v) is 5.66. The molecule has 1 aromatic rings. The van der Waals surface area contributed by atoms with Crippen molar-refractivity contribution < 1.29 is 19.4 Å². The van der Waals surface area contributed by atoms with Gasteiger partial charge in [0.05, 0.1) is 7.11 Å². The molecular formula is C14H14O4. The van der Waals surface area contributed by atoms with Crippen molar-refractivity contribution in [3.8, 4) is 0 Å². The molecule has 94 valence electrons. The van der Waals surface area contributed by atoms with E-state index in [9.17, 15) is 9.59 Å². The van der Waals surface area contributed by atoms with Crippen LogP contribution in [0.2, 0.25) is 0 Å². The van der Waals surface area contributed by atoms with Crippen molar-refractivity contribution in [3.63, 3.8) is 0 Å². The second-order valence-electron chi connectivity index (χ2n) is 4.35. The summed E-state index contributed by atoms with van der Waals surface area (Å²) in [6.45, 7) is 0. The van der Waals surface area contributed by atoms with Gasteiger partial charge in [-0.1, -0.05) is 42.5 Å². The number of allylic oxidation sites excluding steroid dienone is 1. The van der Waals surface area contributed by atoms with E-state index in [2.05, 4.69) is 4.74 Å². The Morgan fingerprint density at radius 3 is 2.61 bits per heavy atom. The van der Waals surface area contributed by atoms with Gasteiger partial charge in [0, 0.05) is 5.92 Å². The Labute approximate surface area is 105 Å². The van der Waals surface area contributed by atoms with Gasteiger partial charge in [-0.15, -0.1) is 0 Å². The standard InChI is InChI=1S/C14H14O4/c1-18-13(17)14(12(15)16)9-11(14)8-7-10-5-3-2-4-6-10/h2-8,11H,9H2,1H3,(H,15,16). The molecule has 0 amide bonds. The van der Waals surface area contributed by atoms with Gasteiger partial charge in [0.15, 0.2) is 5.41 Å². The van der Waals surface area contributed by atoms with Crippen LogP contribution < -0.4 is 0 Å². The van der Waals surface area contributed by atoms with Crippen LogP contribution in [-0.2, 0) is 14.3 Å². The summed E-state index contributed by atoms with van der Waals surface area (Å²) in [6.07, 6.45) is 3.90. The van der Waals surface area contributed by atoms with Crippen LogP contribution >= 0.6 is 0 Å². The van der Waals surface area contributed by atoms with Crippen LogP contribution in [0.3, 0.4) is 0 Å². The summed E-state index contributed by atoms with van der Waals surface area (Å²) >= 11 is 0. The molecule has 0 radical (unpaired) electrons. The Hall–Kier alpha value is -2.10. The van der Waals surface area contributed by atoms with Crippen molar-refractivity contribution in [1.82, 2.24) is 0 Å². The molecule has 0 saturated heterocycles. The molecule has 1 saturated carbocycles. The summed E-state index contributed by atoms with van der Waals surface area (Å²) in [6, 6.07) is 9.54. The Morgan fingerprint density at radius 2 is 2.06 bits per heavy atom. The van der Waals surface area contributed by atoms with Gasteiger partial charge in [-0.3, -0.25) is 9.59 Å². The number of rotatable bonds is 4. The number of hydrogen-bond acceptors (Lipinski definition) is 3. The molecule has 0 bridgehead atoms. The lowest BCUT2D eigenvalue weighted by atomic mass is 10.0. The van der Waals surface area contributed by atoms with Gasteiger partial charge in [0.1, 0.15) is 0 Å². The lowest BCUT2D eigenvalue weighted by Gasteiger charge is -2.07. The number of aliphatic carboxylic acids is 1. The highest BCUT2D eigenvalue weighted by Gasteiger charge is 2.66. The zero-order valence-corrected chi connectivity index (χ0v) is 10.00. The van der Waals surface area contributed by atoms with Crippen LogP contribution in [0.4, 0.5) is 0 Å². The molecule has 1 aliphatic rings. The minimum atomic E-state index is -1.37. The van der Waals surface area contributed by atoms with Gasteiger partial charge in [-0.2, -0.15) is 0 Å². The normalized spacial score (nSPS) is 25.9. The average Bonchev–Trinajstić information content (AvgIpc) is 3.12. The summed E-state index contributed by atoms with van der Waals surface area (Å²) < 4.78 is 4.57. The van der Waals surface area contributed by atoms with Crippen LogP contribution in [0, 0.1) is 11.3 Å². The number of hydrogen-bond donors (Lipinski definition) is 1. The third kappa shape index (κ3) is 2.01. The van der Waals surface area contributed by atoms with Crippen LogP contribution in [0.1, 0.15) is 12.0 Å². The smallest absolute Gasteiger partial charge is 0.323 e. The van der Waals surface area contributed by atoms with E-state index in [0.717, 1.165) is 5.56 Å². The molecule has 0 spiro atoms. The van der Waals surface area contributed by atoms with Gasteiger partial charge in [-0.25, -0.2) is 0 Å². The third-order valence-electron chi connectivity index (χ3n) is 3.27. The van der Waals surface area contributed by atoms with Crippen molar-refractivity contribution in [2.45, 2.75) is 6.42 Å². The van der Waals surface area contributed by atoms with Crippen molar-refractivity contribution in [3.05, 3.63) is 42.0 Å². The Bertz CT molecular complexity index is 492. The minimum Gasteiger partial charge on any atom is -0.480 e. The average molecular weight is 246 g/mol. The SMILES string of the molecule is COC(=O)C1(C(=O)O)CC1C=Cc1ccccc1. The number of benzene rings is 1.